The van der Waals surface area contributed by atoms with E-state index < -0.39 is 6.04 Å². The van der Waals surface area contributed by atoms with Crippen molar-refractivity contribution < 1.29 is 28.6 Å². The van der Waals surface area contributed by atoms with Gasteiger partial charge in [-0.2, -0.15) is 4.98 Å². The number of benzene rings is 3. The van der Waals surface area contributed by atoms with E-state index in [4.69, 9.17) is 36.4 Å². The average Bonchev–Trinajstić information content (AvgIpc) is 3.69. The van der Waals surface area contributed by atoms with E-state index in [0.717, 1.165) is 11.3 Å². The highest BCUT2D eigenvalue weighted by atomic mass is 32.2. The highest BCUT2D eigenvalue weighted by molar-refractivity contribution is 7.99. The first kappa shape index (κ1) is 36.6. The van der Waals surface area contributed by atoms with E-state index in [1.807, 2.05) is 52.3 Å². The zero-order valence-electron chi connectivity index (χ0n) is 29.2. The molecule has 0 spiro atoms. The summed E-state index contributed by atoms with van der Waals surface area (Å²) in [5.41, 5.74) is 2.10. The van der Waals surface area contributed by atoms with E-state index in [-0.39, 0.29) is 24.0 Å². The minimum Gasteiger partial charge on any atom is -0.497 e. The van der Waals surface area contributed by atoms with Crippen LogP contribution < -0.4 is 24.4 Å². The zero-order chi connectivity index (χ0) is 36.6. The maximum absolute atomic E-state index is 13.9. The standard InChI is InChI=1S/C38H40N6O6S2/c1-48-27-12-9-25(10-13-27)11-15-34(46)42-17-19-43(20-18-42)38-39-29-22-33(50-3)32(49-2)21-28(29)36(41-38)40-37(47)30-23-52-24-44(30)35(51)16-14-31(45)26-7-5-4-6-8-26/h4-13,15,21-22,30H,14,16-20,23-24H2,1-3H3,(H,39,40,41,47)/b15-11+. The Hall–Kier alpha value is -5.21. The number of carbonyl (C=O) groups is 3. The van der Waals surface area contributed by atoms with Crippen molar-refractivity contribution in [3.63, 3.8) is 0 Å². The number of piperazine rings is 1. The number of thioether (sulfide) groups is 1. The van der Waals surface area contributed by atoms with E-state index in [1.54, 1.807) is 74.4 Å². The molecule has 52 heavy (non-hydrogen) atoms. The van der Waals surface area contributed by atoms with E-state index >= 15 is 0 Å². The molecule has 1 aromatic heterocycles. The monoisotopic (exact) mass is 740 g/mol. The van der Waals surface area contributed by atoms with Gasteiger partial charge in [-0.05, 0) is 29.8 Å². The zero-order valence-corrected chi connectivity index (χ0v) is 30.9. The molecular formula is C38H40N6O6S2. The van der Waals surface area contributed by atoms with Crippen LogP contribution in [0.4, 0.5) is 11.8 Å². The number of thiocarbonyl (C=S) groups is 1. The van der Waals surface area contributed by atoms with Crippen molar-refractivity contribution in [3.05, 3.63) is 83.9 Å². The fourth-order valence-corrected chi connectivity index (χ4v) is 7.60. The molecule has 270 valence electrons. The molecular weight excluding hydrogens is 701 g/mol. The van der Waals surface area contributed by atoms with E-state index in [1.165, 1.54) is 0 Å². The number of anilines is 2. The highest BCUT2D eigenvalue weighted by Crippen LogP contribution is 2.36. The number of amides is 2. The third-order valence-electron chi connectivity index (χ3n) is 9.01. The van der Waals surface area contributed by atoms with E-state index in [0.29, 0.717) is 88.9 Å². The van der Waals surface area contributed by atoms with Gasteiger partial charge in [0.25, 0.3) is 0 Å². The van der Waals surface area contributed by atoms with Crippen LogP contribution in [0.2, 0.25) is 0 Å². The number of ketones is 1. The van der Waals surface area contributed by atoms with Gasteiger partial charge in [-0.25, -0.2) is 4.98 Å². The summed E-state index contributed by atoms with van der Waals surface area (Å²) in [5.74, 6) is 3.21. The smallest absolute Gasteiger partial charge is 0.249 e. The van der Waals surface area contributed by atoms with Crippen molar-refractivity contribution in [1.29, 1.82) is 0 Å². The number of fused-ring (bicyclic) bond motifs is 1. The quantitative estimate of drug-likeness (QED) is 0.115. The van der Waals surface area contributed by atoms with Crippen LogP contribution in [0.25, 0.3) is 17.0 Å². The van der Waals surface area contributed by atoms with E-state index in [2.05, 4.69) is 5.32 Å². The Morgan fingerprint density at radius 2 is 1.62 bits per heavy atom. The van der Waals surface area contributed by atoms with Crippen LogP contribution >= 0.6 is 24.0 Å². The first-order chi connectivity index (χ1) is 25.3. The Morgan fingerprint density at radius 3 is 2.31 bits per heavy atom. The predicted octanol–water partition coefficient (Wildman–Crippen LogP) is 5.32. The third kappa shape index (κ3) is 8.45. The molecule has 2 fully saturated rings. The summed E-state index contributed by atoms with van der Waals surface area (Å²) in [6, 6.07) is 19.6. The van der Waals surface area contributed by atoms with Crippen molar-refractivity contribution in [2.45, 2.75) is 18.9 Å². The summed E-state index contributed by atoms with van der Waals surface area (Å²) >= 11 is 7.35. The van der Waals surface area contributed by atoms with Gasteiger partial charge in [-0.3, -0.25) is 14.4 Å². The van der Waals surface area contributed by atoms with Gasteiger partial charge < -0.3 is 34.2 Å². The van der Waals surface area contributed by atoms with Crippen molar-refractivity contribution >= 4 is 75.3 Å². The van der Waals surface area contributed by atoms with Crippen molar-refractivity contribution in [2.75, 3.05) is 69.4 Å². The van der Waals surface area contributed by atoms with Gasteiger partial charge in [-0.15, -0.1) is 11.8 Å². The van der Waals surface area contributed by atoms with Gasteiger partial charge in [0, 0.05) is 67.9 Å². The van der Waals surface area contributed by atoms with Crippen LogP contribution in [0.5, 0.6) is 17.2 Å². The lowest BCUT2D eigenvalue weighted by Gasteiger charge is -2.34. The van der Waals surface area contributed by atoms with Gasteiger partial charge >= 0.3 is 0 Å². The van der Waals surface area contributed by atoms with Crippen LogP contribution in [0.1, 0.15) is 28.8 Å². The fourth-order valence-electron chi connectivity index (χ4n) is 6.03. The molecule has 0 aliphatic carbocycles. The summed E-state index contributed by atoms with van der Waals surface area (Å²) in [6.45, 7) is 1.94. The molecule has 6 rings (SSSR count). The lowest BCUT2D eigenvalue weighted by molar-refractivity contribution is -0.126. The Labute approximate surface area is 312 Å². The number of rotatable bonds is 12. The van der Waals surface area contributed by atoms with Gasteiger partial charge in [0.05, 0.1) is 37.7 Å². The molecule has 2 aliphatic heterocycles. The van der Waals surface area contributed by atoms with Gasteiger partial charge in [0.1, 0.15) is 17.6 Å². The van der Waals surface area contributed by atoms with Crippen molar-refractivity contribution in [1.82, 2.24) is 19.8 Å². The van der Waals surface area contributed by atoms with Crippen molar-refractivity contribution in [3.8, 4) is 17.2 Å². The molecule has 1 unspecified atom stereocenters. The molecule has 0 saturated carbocycles. The normalized spacial score (nSPS) is 15.9. The number of nitrogens with one attached hydrogen (secondary N) is 1. The minimum atomic E-state index is -0.543. The molecule has 2 saturated heterocycles. The molecule has 14 heteroatoms. The molecule has 3 heterocycles. The second kappa shape index (κ2) is 16.9. The Morgan fingerprint density at radius 1 is 0.904 bits per heavy atom. The number of nitrogens with zero attached hydrogens (tertiary/aromatic N) is 5. The molecule has 2 amide bonds. The first-order valence-corrected chi connectivity index (χ1v) is 18.4. The first-order valence-electron chi connectivity index (χ1n) is 16.8. The van der Waals surface area contributed by atoms with Crippen LogP contribution in [0.15, 0.2) is 72.8 Å². The summed E-state index contributed by atoms with van der Waals surface area (Å²) < 4.78 is 16.3. The lowest BCUT2D eigenvalue weighted by atomic mass is 10.1. The molecule has 4 aromatic rings. The summed E-state index contributed by atoms with van der Waals surface area (Å²) in [5, 5.41) is 3.64. The second-order valence-corrected chi connectivity index (χ2v) is 13.6. The van der Waals surface area contributed by atoms with Crippen LogP contribution in [0, 0.1) is 0 Å². The lowest BCUT2D eigenvalue weighted by Crippen LogP contribution is -2.49. The molecule has 1 N–H and O–H groups in total. The molecule has 3 aromatic carbocycles. The Balaban J connectivity index is 1.17. The predicted molar refractivity (Wildman–Crippen MR) is 208 cm³/mol. The topological polar surface area (TPSA) is 126 Å². The number of aromatic nitrogens is 2. The number of Topliss-reactive ketones (excluding diaryl/α,β-unsaturated/α-hetero) is 1. The highest BCUT2D eigenvalue weighted by Gasteiger charge is 2.34. The molecule has 0 bridgehead atoms. The Bertz CT molecular complexity index is 1970. The number of hydrogen-bond donors (Lipinski definition) is 1. The van der Waals surface area contributed by atoms with Gasteiger partial charge in [0.2, 0.25) is 17.8 Å². The third-order valence-corrected chi connectivity index (χ3v) is 10.5. The summed E-state index contributed by atoms with van der Waals surface area (Å²) in [4.78, 5) is 55.6. The Kier molecular flexibility index (Phi) is 11.9. The summed E-state index contributed by atoms with van der Waals surface area (Å²) in [7, 11) is 4.71. The number of carbonyl (C=O) groups excluding carboxylic acids is 3. The maximum Gasteiger partial charge on any atom is 0.249 e. The van der Waals surface area contributed by atoms with Crippen LogP contribution in [-0.2, 0) is 9.59 Å². The van der Waals surface area contributed by atoms with Crippen LogP contribution in [-0.4, -0.2) is 108 Å². The van der Waals surface area contributed by atoms with E-state index in [9.17, 15) is 14.4 Å². The molecule has 1 atom stereocenters. The van der Waals surface area contributed by atoms with Crippen molar-refractivity contribution in [2.24, 2.45) is 0 Å². The minimum absolute atomic E-state index is 0.00962. The molecule has 12 nitrogen and oxygen atoms in total. The van der Waals surface area contributed by atoms with Crippen LogP contribution in [0.3, 0.4) is 0 Å². The summed E-state index contributed by atoms with van der Waals surface area (Å²) in [6.07, 6.45) is 4.00. The number of hydrogen-bond acceptors (Lipinski definition) is 11. The van der Waals surface area contributed by atoms with Gasteiger partial charge in [-0.1, -0.05) is 54.7 Å². The molecule has 0 radical (unpaired) electrons. The maximum atomic E-state index is 13.9. The number of ether oxygens (including phenoxy) is 3. The largest absolute Gasteiger partial charge is 0.497 e. The second-order valence-electron chi connectivity index (χ2n) is 12.2. The SMILES string of the molecule is COc1ccc(/C=C/C(=O)N2CCN(c3nc(NC(=O)C4CSCN4C(=S)CCC(=O)c4ccccc4)c4cc(OC)c(OC)cc4n3)CC2)cc1. The number of methoxy groups -OCH3 is 3. The van der Waals surface area contributed by atoms with Gasteiger partial charge in [0.15, 0.2) is 17.3 Å². The molecule has 2 aliphatic rings. The average molecular weight is 741 g/mol. The fraction of sp³-hybridized carbons (Fsp3) is 0.316.